The van der Waals surface area contributed by atoms with Gasteiger partial charge in [0.1, 0.15) is 5.75 Å². The summed E-state index contributed by atoms with van der Waals surface area (Å²) in [4.78, 5) is 36.0. The molecule has 10 heteroatoms. The lowest BCUT2D eigenvalue weighted by atomic mass is 10.2. The van der Waals surface area contributed by atoms with Crippen molar-refractivity contribution >= 4 is 52.5 Å². The molecule has 142 valence electrons. The van der Waals surface area contributed by atoms with Gasteiger partial charge in [-0.15, -0.1) is 0 Å². The van der Waals surface area contributed by atoms with Crippen LogP contribution < -0.4 is 20.9 Å². The average molecular weight is 431 g/mol. The zero-order valence-electron chi connectivity index (χ0n) is 13.9. The van der Waals surface area contributed by atoms with Crippen molar-refractivity contribution in [3.8, 4) is 5.75 Å². The van der Waals surface area contributed by atoms with Gasteiger partial charge < -0.3 is 10.1 Å². The Bertz CT molecular complexity index is 890. The normalized spacial score (nSPS) is 10.1. The number of hydrogen-bond acceptors (Lipinski definition) is 4. The van der Waals surface area contributed by atoms with Crippen molar-refractivity contribution in [2.24, 2.45) is 0 Å². The summed E-state index contributed by atoms with van der Waals surface area (Å²) >= 11 is 17.5. The second kappa shape index (κ2) is 9.45. The third-order valence-electron chi connectivity index (χ3n) is 3.31. The van der Waals surface area contributed by atoms with E-state index in [1.54, 1.807) is 6.07 Å². The molecule has 0 radical (unpaired) electrons. The molecule has 2 rings (SSSR count). The fraction of sp³-hybridized carbons (Fsp3) is 0.118. The number of carbonyl (C=O) groups is 3. The molecule has 0 bridgehead atoms. The van der Waals surface area contributed by atoms with Gasteiger partial charge in [-0.25, -0.2) is 0 Å². The van der Waals surface area contributed by atoms with Crippen molar-refractivity contribution in [3.05, 3.63) is 62.6 Å². The van der Waals surface area contributed by atoms with E-state index in [1.165, 1.54) is 37.4 Å². The molecule has 0 atom stereocenters. The van der Waals surface area contributed by atoms with Gasteiger partial charge in [-0.2, -0.15) is 0 Å². The number of amides is 3. The standard InChI is InChI=1S/C17H14Cl3N3O4/c1-27-14-5-3-9(18)6-12(14)17(26)23-22-15(24)8-21-16(25)11-4-2-10(19)7-13(11)20/h2-7H,8H2,1H3,(H,21,25)(H,22,24)(H,23,26). The van der Waals surface area contributed by atoms with Crippen molar-refractivity contribution in [1.29, 1.82) is 0 Å². The fourth-order valence-electron chi connectivity index (χ4n) is 2.03. The molecule has 0 aliphatic carbocycles. The molecule has 0 unspecified atom stereocenters. The number of hydrazine groups is 1. The SMILES string of the molecule is COc1ccc(Cl)cc1C(=O)NNC(=O)CNC(=O)c1ccc(Cl)cc1Cl. The molecule has 2 aromatic carbocycles. The highest BCUT2D eigenvalue weighted by molar-refractivity contribution is 6.36. The molecule has 2 aromatic rings. The summed E-state index contributed by atoms with van der Waals surface area (Å²) in [7, 11) is 1.40. The third kappa shape index (κ3) is 5.75. The van der Waals surface area contributed by atoms with E-state index in [9.17, 15) is 14.4 Å². The highest BCUT2D eigenvalue weighted by atomic mass is 35.5. The minimum atomic E-state index is -0.650. The number of hydrogen-bond donors (Lipinski definition) is 3. The molecule has 0 heterocycles. The van der Waals surface area contributed by atoms with Gasteiger partial charge in [0.2, 0.25) is 0 Å². The van der Waals surface area contributed by atoms with Crippen molar-refractivity contribution in [3.63, 3.8) is 0 Å². The van der Waals surface area contributed by atoms with Gasteiger partial charge in [0.25, 0.3) is 17.7 Å². The summed E-state index contributed by atoms with van der Waals surface area (Å²) in [5.74, 6) is -1.55. The lowest BCUT2D eigenvalue weighted by Gasteiger charge is -2.11. The molecule has 7 nitrogen and oxygen atoms in total. The molecule has 3 amide bonds. The first-order chi connectivity index (χ1) is 12.8. The minimum Gasteiger partial charge on any atom is -0.496 e. The monoisotopic (exact) mass is 429 g/mol. The zero-order chi connectivity index (χ0) is 20.0. The Kier molecular flexibility index (Phi) is 7.29. The number of carbonyl (C=O) groups excluding carboxylic acids is 3. The van der Waals surface area contributed by atoms with Crippen LogP contribution in [-0.4, -0.2) is 31.4 Å². The predicted octanol–water partition coefficient (Wildman–Crippen LogP) is 2.85. The highest BCUT2D eigenvalue weighted by Crippen LogP contribution is 2.22. The number of rotatable bonds is 5. The van der Waals surface area contributed by atoms with Gasteiger partial charge in [-0.05, 0) is 36.4 Å². The molecule has 27 heavy (non-hydrogen) atoms. The van der Waals surface area contributed by atoms with Crippen LogP contribution >= 0.6 is 34.8 Å². The Balaban J connectivity index is 1.88. The lowest BCUT2D eigenvalue weighted by molar-refractivity contribution is -0.120. The summed E-state index contributed by atoms with van der Waals surface area (Å²) in [6.07, 6.45) is 0. The molecule has 3 N–H and O–H groups in total. The Morgan fingerprint density at radius 3 is 2.22 bits per heavy atom. The van der Waals surface area contributed by atoms with Crippen LogP contribution in [0.3, 0.4) is 0 Å². The van der Waals surface area contributed by atoms with Crippen LogP contribution in [-0.2, 0) is 4.79 Å². The van der Waals surface area contributed by atoms with Crippen LogP contribution in [0.4, 0.5) is 0 Å². The van der Waals surface area contributed by atoms with E-state index in [4.69, 9.17) is 39.5 Å². The molecule has 0 fully saturated rings. The highest BCUT2D eigenvalue weighted by Gasteiger charge is 2.15. The number of nitrogens with one attached hydrogen (secondary N) is 3. The summed E-state index contributed by atoms with van der Waals surface area (Å²) in [5, 5.41) is 3.25. The Hall–Kier alpha value is -2.48. The summed E-state index contributed by atoms with van der Waals surface area (Å²) in [6, 6.07) is 8.83. The maximum absolute atomic E-state index is 12.1. The first-order valence-electron chi connectivity index (χ1n) is 7.47. The van der Waals surface area contributed by atoms with Crippen LogP contribution in [0.25, 0.3) is 0 Å². The molecule has 0 aromatic heterocycles. The van der Waals surface area contributed by atoms with E-state index < -0.39 is 17.7 Å². The van der Waals surface area contributed by atoms with E-state index in [2.05, 4.69) is 16.2 Å². The molecule has 0 aliphatic heterocycles. The molecular weight excluding hydrogens is 417 g/mol. The number of benzene rings is 2. The first kappa shape index (κ1) is 20.8. The molecule has 0 spiro atoms. The van der Waals surface area contributed by atoms with Gasteiger partial charge in [0.15, 0.2) is 0 Å². The Labute approximate surface area is 169 Å². The van der Waals surface area contributed by atoms with Crippen LogP contribution in [0.2, 0.25) is 15.1 Å². The van der Waals surface area contributed by atoms with Gasteiger partial charge in [0, 0.05) is 10.0 Å². The van der Waals surface area contributed by atoms with Crippen LogP contribution in [0.5, 0.6) is 5.75 Å². The predicted molar refractivity (Wildman–Crippen MR) is 102 cm³/mol. The Morgan fingerprint density at radius 2 is 1.56 bits per heavy atom. The van der Waals surface area contributed by atoms with Gasteiger partial charge in [0.05, 0.1) is 29.8 Å². The molecule has 0 aliphatic rings. The first-order valence-corrected chi connectivity index (χ1v) is 8.61. The van der Waals surface area contributed by atoms with Gasteiger partial charge in [-0.1, -0.05) is 34.8 Å². The second-order valence-corrected chi connectivity index (χ2v) is 6.43. The lowest BCUT2D eigenvalue weighted by Crippen LogP contribution is -2.46. The Morgan fingerprint density at radius 1 is 0.889 bits per heavy atom. The van der Waals surface area contributed by atoms with Gasteiger partial charge >= 0.3 is 0 Å². The second-order valence-electron chi connectivity index (χ2n) is 5.15. The summed E-state index contributed by atoms with van der Waals surface area (Å²) in [5.41, 5.74) is 4.70. The van der Waals surface area contributed by atoms with Crippen LogP contribution in [0.15, 0.2) is 36.4 Å². The molecule has 0 saturated heterocycles. The van der Waals surface area contributed by atoms with E-state index in [0.717, 1.165) is 0 Å². The smallest absolute Gasteiger partial charge is 0.273 e. The maximum Gasteiger partial charge on any atom is 0.273 e. The van der Waals surface area contributed by atoms with Crippen molar-refractivity contribution in [2.45, 2.75) is 0 Å². The molecule has 0 saturated carbocycles. The molecular formula is C17H14Cl3N3O4. The van der Waals surface area contributed by atoms with Crippen LogP contribution in [0.1, 0.15) is 20.7 Å². The van der Waals surface area contributed by atoms with E-state index in [0.29, 0.717) is 10.0 Å². The maximum atomic E-state index is 12.1. The quantitative estimate of drug-likeness (QED) is 0.636. The van der Waals surface area contributed by atoms with Crippen molar-refractivity contribution in [1.82, 2.24) is 16.2 Å². The third-order valence-corrected chi connectivity index (χ3v) is 4.09. The van der Waals surface area contributed by atoms with Gasteiger partial charge in [-0.3, -0.25) is 25.2 Å². The topological polar surface area (TPSA) is 96.5 Å². The van der Waals surface area contributed by atoms with E-state index in [-0.39, 0.29) is 28.4 Å². The number of methoxy groups -OCH3 is 1. The summed E-state index contributed by atoms with van der Waals surface area (Å²) < 4.78 is 5.06. The summed E-state index contributed by atoms with van der Waals surface area (Å²) in [6.45, 7) is -0.384. The van der Waals surface area contributed by atoms with Crippen molar-refractivity contribution in [2.75, 3.05) is 13.7 Å². The number of ether oxygens (including phenoxy) is 1. The fourth-order valence-corrected chi connectivity index (χ4v) is 2.69. The zero-order valence-corrected chi connectivity index (χ0v) is 16.2. The minimum absolute atomic E-state index is 0.141. The van der Waals surface area contributed by atoms with Crippen molar-refractivity contribution < 1.29 is 19.1 Å². The van der Waals surface area contributed by atoms with Crippen LogP contribution in [0, 0.1) is 0 Å². The average Bonchev–Trinajstić information content (AvgIpc) is 2.64. The van der Waals surface area contributed by atoms with E-state index >= 15 is 0 Å². The number of halogens is 3. The largest absolute Gasteiger partial charge is 0.496 e. The van der Waals surface area contributed by atoms with E-state index in [1.807, 2.05) is 0 Å².